The number of rotatable bonds is 4. The molecule has 6 nitrogen and oxygen atoms in total. The van der Waals surface area contributed by atoms with Gasteiger partial charge in [0.15, 0.2) is 0 Å². The monoisotopic (exact) mass is 312 g/mol. The van der Waals surface area contributed by atoms with Gasteiger partial charge in [-0.25, -0.2) is 8.42 Å². The van der Waals surface area contributed by atoms with E-state index in [2.05, 4.69) is 0 Å². The zero-order valence-corrected chi connectivity index (χ0v) is 13.0. The van der Waals surface area contributed by atoms with Crippen molar-refractivity contribution in [2.24, 2.45) is 0 Å². The number of hydrogen-bond donors (Lipinski definition) is 1. The molecule has 2 rings (SSSR count). The lowest BCUT2D eigenvalue weighted by Gasteiger charge is -2.44. The number of carboxylic acids is 1. The van der Waals surface area contributed by atoms with E-state index in [1.807, 2.05) is 42.2 Å². The van der Waals surface area contributed by atoms with E-state index >= 15 is 0 Å². The predicted octanol–water partition coefficient (Wildman–Crippen LogP) is 1.00. The van der Waals surface area contributed by atoms with E-state index in [1.165, 1.54) is 4.31 Å². The van der Waals surface area contributed by atoms with E-state index in [0.29, 0.717) is 13.1 Å². The lowest BCUT2D eigenvalue weighted by molar-refractivity contribution is -0.138. The first kappa shape index (κ1) is 15.8. The van der Waals surface area contributed by atoms with Gasteiger partial charge in [-0.1, -0.05) is 18.2 Å². The van der Waals surface area contributed by atoms with Crippen LogP contribution in [0.3, 0.4) is 0 Å². The topological polar surface area (TPSA) is 77.9 Å². The molecular weight excluding hydrogens is 292 g/mol. The fraction of sp³-hybridized carbons (Fsp3) is 0.500. The van der Waals surface area contributed by atoms with E-state index < -0.39 is 22.0 Å². The fourth-order valence-corrected chi connectivity index (χ4v) is 4.38. The van der Waals surface area contributed by atoms with Crippen molar-refractivity contribution < 1.29 is 18.3 Å². The van der Waals surface area contributed by atoms with Crippen LogP contribution in [0.25, 0.3) is 0 Å². The van der Waals surface area contributed by atoms with Crippen LogP contribution in [0.4, 0.5) is 5.69 Å². The summed E-state index contributed by atoms with van der Waals surface area (Å²) in [6.07, 6.45) is 0.942. The van der Waals surface area contributed by atoms with Gasteiger partial charge in [0, 0.05) is 24.8 Å². The number of para-hydroxylation sites is 1. The van der Waals surface area contributed by atoms with E-state index in [0.717, 1.165) is 11.9 Å². The molecule has 0 bridgehead atoms. The molecule has 0 radical (unpaired) electrons. The second-order valence-corrected chi connectivity index (χ2v) is 7.32. The number of aliphatic carboxylic acids is 1. The van der Waals surface area contributed by atoms with Gasteiger partial charge in [0.2, 0.25) is 10.0 Å². The molecule has 1 fully saturated rings. The molecule has 116 valence electrons. The van der Waals surface area contributed by atoms with Crippen molar-refractivity contribution in [3.63, 3.8) is 0 Å². The second kappa shape index (κ2) is 6.03. The van der Waals surface area contributed by atoms with Crippen LogP contribution in [0.2, 0.25) is 0 Å². The van der Waals surface area contributed by atoms with Gasteiger partial charge < -0.3 is 10.0 Å². The minimum Gasteiger partial charge on any atom is -0.481 e. The number of piperazine rings is 1. The van der Waals surface area contributed by atoms with E-state index in [9.17, 15) is 13.2 Å². The lowest BCUT2D eigenvalue weighted by atomic mass is 10.1. The summed E-state index contributed by atoms with van der Waals surface area (Å²) in [4.78, 5) is 13.1. The number of carboxylic acid groups (broad SMARTS) is 1. The van der Waals surface area contributed by atoms with Crippen molar-refractivity contribution in [1.29, 1.82) is 0 Å². The lowest BCUT2D eigenvalue weighted by Crippen LogP contribution is -2.59. The number of sulfonamides is 1. The summed E-state index contributed by atoms with van der Waals surface area (Å²) in [6.45, 7) is 2.74. The van der Waals surface area contributed by atoms with E-state index in [-0.39, 0.29) is 12.5 Å². The molecule has 21 heavy (non-hydrogen) atoms. The highest BCUT2D eigenvalue weighted by atomic mass is 32.2. The molecule has 2 atom stereocenters. The van der Waals surface area contributed by atoms with Crippen LogP contribution < -0.4 is 4.90 Å². The highest BCUT2D eigenvalue weighted by Gasteiger charge is 2.38. The first-order valence-corrected chi connectivity index (χ1v) is 8.64. The van der Waals surface area contributed by atoms with E-state index in [4.69, 9.17) is 5.11 Å². The van der Waals surface area contributed by atoms with Crippen LogP contribution in [0, 0.1) is 0 Å². The second-order valence-electron chi connectivity index (χ2n) is 5.43. The average molecular weight is 312 g/mol. The number of benzene rings is 1. The summed E-state index contributed by atoms with van der Waals surface area (Å²) in [7, 11) is -3.43. The molecule has 0 aromatic heterocycles. The summed E-state index contributed by atoms with van der Waals surface area (Å²) in [5, 5.41) is 9.05. The van der Waals surface area contributed by atoms with Gasteiger partial charge in [0.1, 0.15) is 0 Å². The molecule has 0 aliphatic carbocycles. The smallest absolute Gasteiger partial charge is 0.305 e. The van der Waals surface area contributed by atoms with Gasteiger partial charge in [0.05, 0.1) is 18.7 Å². The molecule has 0 unspecified atom stereocenters. The Kier molecular flexibility index (Phi) is 4.53. The number of anilines is 1. The first-order chi connectivity index (χ1) is 9.79. The van der Waals surface area contributed by atoms with Crippen molar-refractivity contribution in [1.82, 2.24) is 4.31 Å². The molecule has 1 heterocycles. The van der Waals surface area contributed by atoms with Gasteiger partial charge in [-0.15, -0.1) is 0 Å². The molecule has 0 spiro atoms. The van der Waals surface area contributed by atoms with Crippen LogP contribution in [-0.4, -0.2) is 55.2 Å². The van der Waals surface area contributed by atoms with Crippen LogP contribution in [0.5, 0.6) is 0 Å². The summed E-state index contributed by atoms with van der Waals surface area (Å²) in [5.74, 6) is -0.990. The quantitative estimate of drug-likeness (QED) is 0.897. The Hall–Kier alpha value is -1.60. The Morgan fingerprint density at radius 1 is 1.29 bits per heavy atom. The standard InChI is InChI=1S/C14H20N2O4S/c1-11-9-15(12-6-4-3-5-7-12)10-13(8-14(17)18)16(11)21(2,19)20/h3-7,11,13H,8-10H2,1-2H3,(H,17,18)/t11-,13+/m1/s1. The highest BCUT2D eigenvalue weighted by molar-refractivity contribution is 7.88. The summed E-state index contributed by atoms with van der Waals surface area (Å²) in [6, 6.07) is 8.81. The number of nitrogens with zero attached hydrogens (tertiary/aromatic N) is 2. The Balaban J connectivity index is 2.28. The zero-order valence-electron chi connectivity index (χ0n) is 12.1. The largest absolute Gasteiger partial charge is 0.481 e. The Morgan fingerprint density at radius 2 is 1.90 bits per heavy atom. The van der Waals surface area contributed by atoms with Crippen molar-refractivity contribution in [3.05, 3.63) is 30.3 Å². The Labute approximate surface area is 125 Å². The van der Waals surface area contributed by atoms with Gasteiger partial charge in [-0.3, -0.25) is 4.79 Å². The van der Waals surface area contributed by atoms with E-state index in [1.54, 1.807) is 0 Å². The third-order valence-electron chi connectivity index (χ3n) is 3.62. The summed E-state index contributed by atoms with van der Waals surface area (Å²) in [5.41, 5.74) is 0.980. The minimum atomic E-state index is -3.43. The predicted molar refractivity (Wildman–Crippen MR) is 80.8 cm³/mol. The third kappa shape index (κ3) is 3.74. The molecule has 1 aromatic carbocycles. The molecule has 1 aliphatic rings. The van der Waals surface area contributed by atoms with Gasteiger partial charge >= 0.3 is 5.97 Å². The molecule has 0 saturated carbocycles. The van der Waals surface area contributed by atoms with Crippen LogP contribution >= 0.6 is 0 Å². The number of carbonyl (C=O) groups is 1. The molecule has 1 saturated heterocycles. The van der Waals surface area contributed by atoms with Gasteiger partial charge in [0.25, 0.3) is 0 Å². The Morgan fingerprint density at radius 3 is 2.43 bits per heavy atom. The normalized spacial score (nSPS) is 24.0. The molecule has 0 amide bonds. The van der Waals surface area contributed by atoms with Gasteiger partial charge in [-0.2, -0.15) is 4.31 Å². The zero-order chi connectivity index (χ0) is 15.6. The van der Waals surface area contributed by atoms with Gasteiger partial charge in [-0.05, 0) is 19.1 Å². The third-order valence-corrected chi connectivity index (χ3v) is 5.05. The van der Waals surface area contributed by atoms with Crippen molar-refractivity contribution in [2.45, 2.75) is 25.4 Å². The first-order valence-electron chi connectivity index (χ1n) is 6.79. The average Bonchev–Trinajstić information content (AvgIpc) is 2.36. The SMILES string of the molecule is C[C@@H]1CN(c2ccccc2)C[C@H](CC(=O)O)N1S(C)(=O)=O. The summed E-state index contributed by atoms with van der Waals surface area (Å²) < 4.78 is 25.2. The molecule has 1 aliphatic heterocycles. The van der Waals surface area contributed by atoms with Crippen LogP contribution in [0.15, 0.2) is 30.3 Å². The number of hydrogen-bond acceptors (Lipinski definition) is 4. The Bertz CT molecular complexity index is 603. The maximum Gasteiger partial charge on any atom is 0.305 e. The highest BCUT2D eigenvalue weighted by Crippen LogP contribution is 2.25. The maximum absolute atomic E-state index is 11.9. The maximum atomic E-state index is 11.9. The van der Waals surface area contributed by atoms with Crippen molar-refractivity contribution in [2.75, 3.05) is 24.2 Å². The minimum absolute atomic E-state index is 0.194. The van der Waals surface area contributed by atoms with Crippen molar-refractivity contribution in [3.8, 4) is 0 Å². The molecular formula is C14H20N2O4S. The summed E-state index contributed by atoms with van der Waals surface area (Å²) >= 11 is 0. The molecule has 1 aromatic rings. The van der Waals surface area contributed by atoms with Crippen LogP contribution in [0.1, 0.15) is 13.3 Å². The van der Waals surface area contributed by atoms with Crippen molar-refractivity contribution >= 4 is 21.7 Å². The fourth-order valence-electron chi connectivity index (χ4n) is 2.97. The molecule has 7 heteroatoms. The molecule has 1 N–H and O–H groups in total. The van der Waals surface area contributed by atoms with Crippen LogP contribution in [-0.2, 0) is 14.8 Å².